The maximum Gasteiger partial charge on any atom is 0.224 e. The topological polar surface area (TPSA) is 55.1 Å². The molecule has 1 unspecified atom stereocenters. The highest BCUT2D eigenvalue weighted by Crippen LogP contribution is 2.14. The Bertz CT molecular complexity index is 384. The fourth-order valence-electron chi connectivity index (χ4n) is 2.06. The Morgan fingerprint density at radius 2 is 1.89 bits per heavy atom. The number of nitrogens with one attached hydrogen (secondary N) is 1. The number of rotatable bonds is 7. The van der Waals surface area contributed by atoms with Crippen LogP contribution in [0.5, 0.6) is 0 Å². The summed E-state index contributed by atoms with van der Waals surface area (Å²) in [6.45, 7) is 7.42. The molecule has 0 aliphatic carbocycles. The van der Waals surface area contributed by atoms with Crippen LogP contribution in [0.1, 0.15) is 50.7 Å². The van der Waals surface area contributed by atoms with E-state index in [0.29, 0.717) is 19.0 Å². The van der Waals surface area contributed by atoms with E-state index in [-0.39, 0.29) is 11.8 Å². The van der Waals surface area contributed by atoms with E-state index in [0.717, 1.165) is 18.4 Å². The van der Waals surface area contributed by atoms with Crippen molar-refractivity contribution in [2.75, 3.05) is 6.54 Å². The van der Waals surface area contributed by atoms with E-state index in [2.05, 4.69) is 50.4 Å². The van der Waals surface area contributed by atoms with E-state index in [1.807, 2.05) is 0 Å². The fourth-order valence-corrected chi connectivity index (χ4v) is 2.06. The Morgan fingerprint density at radius 1 is 1.26 bits per heavy atom. The van der Waals surface area contributed by atoms with Crippen molar-refractivity contribution in [1.29, 1.82) is 0 Å². The molecule has 0 radical (unpaired) electrons. The molecule has 1 amide bonds. The monoisotopic (exact) mass is 262 g/mol. The van der Waals surface area contributed by atoms with Crippen molar-refractivity contribution >= 4 is 5.91 Å². The van der Waals surface area contributed by atoms with Crippen LogP contribution >= 0.6 is 0 Å². The lowest BCUT2D eigenvalue weighted by molar-refractivity contribution is -0.125. The molecule has 1 aromatic rings. The Labute approximate surface area is 116 Å². The van der Waals surface area contributed by atoms with Crippen molar-refractivity contribution in [3.05, 3.63) is 35.4 Å². The van der Waals surface area contributed by atoms with Gasteiger partial charge in [0.1, 0.15) is 0 Å². The van der Waals surface area contributed by atoms with Crippen molar-refractivity contribution in [3.8, 4) is 0 Å². The molecule has 1 atom stereocenters. The van der Waals surface area contributed by atoms with Gasteiger partial charge in [-0.15, -0.1) is 0 Å². The zero-order chi connectivity index (χ0) is 14.3. The Hall–Kier alpha value is -1.35. The number of carbonyl (C=O) groups is 1. The van der Waals surface area contributed by atoms with Gasteiger partial charge in [0, 0.05) is 13.1 Å². The molecular weight excluding hydrogens is 236 g/mol. The molecule has 0 saturated heterocycles. The van der Waals surface area contributed by atoms with Crippen LogP contribution < -0.4 is 11.1 Å². The first-order valence-electron chi connectivity index (χ1n) is 7.15. The third-order valence-corrected chi connectivity index (χ3v) is 3.41. The van der Waals surface area contributed by atoms with Crippen molar-refractivity contribution in [1.82, 2.24) is 5.32 Å². The average Bonchev–Trinajstić information content (AvgIpc) is 2.42. The molecule has 0 heterocycles. The average molecular weight is 262 g/mol. The summed E-state index contributed by atoms with van der Waals surface area (Å²) in [4.78, 5) is 11.9. The van der Waals surface area contributed by atoms with Crippen LogP contribution in [-0.4, -0.2) is 12.5 Å². The van der Waals surface area contributed by atoms with Crippen LogP contribution in [0.3, 0.4) is 0 Å². The lowest BCUT2D eigenvalue weighted by Gasteiger charge is -2.14. The molecule has 1 rings (SSSR count). The van der Waals surface area contributed by atoms with Crippen LogP contribution in [0, 0.1) is 5.92 Å². The molecule has 3 N–H and O–H groups in total. The number of amides is 1. The number of benzene rings is 1. The number of hydrogen-bond acceptors (Lipinski definition) is 2. The van der Waals surface area contributed by atoms with E-state index in [1.165, 1.54) is 5.56 Å². The highest BCUT2D eigenvalue weighted by atomic mass is 16.1. The van der Waals surface area contributed by atoms with E-state index in [9.17, 15) is 4.79 Å². The standard InChI is InChI=1S/C16H26N2O/c1-4-5-15(10-17)16(19)18-11-13-6-8-14(9-7-13)12(2)3/h6-9,12,15H,4-5,10-11,17H2,1-3H3,(H,18,19). The van der Waals surface area contributed by atoms with Gasteiger partial charge < -0.3 is 11.1 Å². The Balaban J connectivity index is 2.49. The van der Waals surface area contributed by atoms with Gasteiger partial charge in [0.05, 0.1) is 5.92 Å². The SMILES string of the molecule is CCCC(CN)C(=O)NCc1ccc(C(C)C)cc1. The van der Waals surface area contributed by atoms with Crippen LogP contribution in [0.25, 0.3) is 0 Å². The first kappa shape index (κ1) is 15.7. The third kappa shape index (κ3) is 5.03. The van der Waals surface area contributed by atoms with Crippen LogP contribution in [0.2, 0.25) is 0 Å². The Morgan fingerprint density at radius 3 is 2.37 bits per heavy atom. The maximum absolute atomic E-state index is 11.9. The number of carbonyl (C=O) groups excluding carboxylic acids is 1. The first-order valence-corrected chi connectivity index (χ1v) is 7.15. The highest BCUT2D eigenvalue weighted by Gasteiger charge is 2.14. The van der Waals surface area contributed by atoms with Crippen molar-refractivity contribution in [2.45, 2.75) is 46.1 Å². The minimum absolute atomic E-state index is 0.0556. The summed E-state index contributed by atoms with van der Waals surface area (Å²) in [6, 6.07) is 8.40. The molecule has 0 aliphatic rings. The molecule has 0 saturated carbocycles. The molecule has 3 heteroatoms. The van der Waals surface area contributed by atoms with Gasteiger partial charge >= 0.3 is 0 Å². The molecule has 0 bridgehead atoms. The van der Waals surface area contributed by atoms with E-state index >= 15 is 0 Å². The normalized spacial score (nSPS) is 12.5. The van der Waals surface area contributed by atoms with Gasteiger partial charge in [-0.25, -0.2) is 0 Å². The zero-order valence-electron chi connectivity index (χ0n) is 12.3. The second-order valence-corrected chi connectivity index (χ2v) is 5.34. The molecule has 1 aromatic carbocycles. The largest absolute Gasteiger partial charge is 0.352 e. The van der Waals surface area contributed by atoms with Gasteiger partial charge in [-0.2, -0.15) is 0 Å². The van der Waals surface area contributed by atoms with Crippen molar-refractivity contribution in [3.63, 3.8) is 0 Å². The summed E-state index contributed by atoms with van der Waals surface area (Å²) in [6.07, 6.45) is 1.84. The lowest BCUT2D eigenvalue weighted by Crippen LogP contribution is -2.34. The van der Waals surface area contributed by atoms with Gasteiger partial charge in [0.15, 0.2) is 0 Å². The predicted octanol–water partition coefficient (Wildman–Crippen LogP) is 2.80. The van der Waals surface area contributed by atoms with E-state index < -0.39 is 0 Å². The van der Waals surface area contributed by atoms with Gasteiger partial charge in [0.25, 0.3) is 0 Å². The summed E-state index contributed by atoms with van der Waals surface area (Å²) < 4.78 is 0. The van der Waals surface area contributed by atoms with Gasteiger partial charge in [-0.05, 0) is 23.5 Å². The van der Waals surface area contributed by atoms with Crippen molar-refractivity contribution < 1.29 is 4.79 Å². The quantitative estimate of drug-likeness (QED) is 0.794. The molecule has 3 nitrogen and oxygen atoms in total. The number of hydrogen-bond donors (Lipinski definition) is 2. The van der Waals surface area contributed by atoms with E-state index in [4.69, 9.17) is 5.73 Å². The highest BCUT2D eigenvalue weighted by molar-refractivity contribution is 5.78. The minimum Gasteiger partial charge on any atom is -0.352 e. The molecule has 0 aliphatic heterocycles. The minimum atomic E-state index is -0.0556. The van der Waals surface area contributed by atoms with Gasteiger partial charge in [0.2, 0.25) is 5.91 Å². The number of nitrogens with two attached hydrogens (primary N) is 1. The predicted molar refractivity (Wildman–Crippen MR) is 79.8 cm³/mol. The molecule has 0 fully saturated rings. The molecule has 0 aromatic heterocycles. The van der Waals surface area contributed by atoms with Crippen LogP contribution in [0.15, 0.2) is 24.3 Å². The summed E-state index contributed by atoms with van der Waals surface area (Å²) in [5.41, 5.74) is 8.07. The fraction of sp³-hybridized carbons (Fsp3) is 0.562. The molecule has 106 valence electrons. The maximum atomic E-state index is 11.9. The summed E-state index contributed by atoms with van der Waals surface area (Å²) in [7, 11) is 0. The van der Waals surface area contributed by atoms with Crippen molar-refractivity contribution in [2.24, 2.45) is 11.7 Å². The third-order valence-electron chi connectivity index (χ3n) is 3.41. The molecular formula is C16H26N2O. The second kappa shape index (κ2) is 7.95. The lowest BCUT2D eigenvalue weighted by atomic mass is 10.0. The van der Waals surface area contributed by atoms with Crippen LogP contribution in [0.4, 0.5) is 0 Å². The van der Waals surface area contributed by atoms with Gasteiger partial charge in [-0.3, -0.25) is 4.79 Å². The van der Waals surface area contributed by atoms with Crippen LogP contribution in [-0.2, 0) is 11.3 Å². The summed E-state index contributed by atoms with van der Waals surface area (Å²) >= 11 is 0. The summed E-state index contributed by atoms with van der Waals surface area (Å²) in [5, 5.41) is 2.96. The smallest absolute Gasteiger partial charge is 0.224 e. The summed E-state index contributed by atoms with van der Waals surface area (Å²) in [5.74, 6) is 0.548. The second-order valence-electron chi connectivity index (χ2n) is 5.34. The first-order chi connectivity index (χ1) is 9.08. The Kier molecular flexibility index (Phi) is 6.57. The van der Waals surface area contributed by atoms with Gasteiger partial charge in [-0.1, -0.05) is 51.5 Å². The molecule has 19 heavy (non-hydrogen) atoms. The molecule has 0 spiro atoms. The van der Waals surface area contributed by atoms with E-state index in [1.54, 1.807) is 0 Å². The zero-order valence-corrected chi connectivity index (χ0v) is 12.3.